The standard InChI is InChI=1S/C26H28N4O4/c1-32-13-7-12-28-26(31)21(16-27)14-22-18-30(17-19-8-5-4-6-9-19)29-25(22)20-10-11-23(33-2)24(15-20)34-3/h4-6,8-11,14-15,18H,7,12-13,17H2,1-3H3,(H,28,31)/b21-14+. The molecule has 8 nitrogen and oxygen atoms in total. The molecule has 0 saturated carbocycles. The quantitative estimate of drug-likeness (QED) is 0.266. The van der Waals surface area contributed by atoms with Gasteiger partial charge in [0.05, 0.1) is 26.5 Å². The molecule has 0 unspecified atom stereocenters. The van der Waals surface area contributed by atoms with E-state index in [9.17, 15) is 10.1 Å². The Hall–Kier alpha value is -4.09. The van der Waals surface area contributed by atoms with Crippen LogP contribution in [0, 0.1) is 11.3 Å². The molecular formula is C26H28N4O4. The van der Waals surface area contributed by atoms with E-state index in [4.69, 9.17) is 19.3 Å². The van der Waals surface area contributed by atoms with Crippen molar-refractivity contribution in [3.8, 4) is 28.8 Å². The van der Waals surface area contributed by atoms with Crippen LogP contribution in [0.25, 0.3) is 17.3 Å². The molecule has 0 saturated heterocycles. The van der Waals surface area contributed by atoms with Crippen molar-refractivity contribution < 1.29 is 19.0 Å². The number of nitriles is 1. The third kappa shape index (κ3) is 6.24. The van der Waals surface area contributed by atoms with Crippen molar-refractivity contribution in [2.24, 2.45) is 0 Å². The first-order chi connectivity index (χ1) is 16.6. The molecule has 0 fully saturated rings. The summed E-state index contributed by atoms with van der Waals surface area (Å²) in [5.74, 6) is 0.719. The molecule has 1 N–H and O–H groups in total. The number of nitrogens with zero attached hydrogens (tertiary/aromatic N) is 3. The van der Waals surface area contributed by atoms with Crippen LogP contribution in [0.2, 0.25) is 0 Å². The van der Waals surface area contributed by atoms with Gasteiger partial charge >= 0.3 is 0 Å². The van der Waals surface area contributed by atoms with Crippen molar-refractivity contribution in [1.82, 2.24) is 15.1 Å². The van der Waals surface area contributed by atoms with Gasteiger partial charge in [-0.25, -0.2) is 0 Å². The predicted octanol–water partition coefficient (Wildman–Crippen LogP) is 3.68. The topological polar surface area (TPSA) is 98.4 Å². The van der Waals surface area contributed by atoms with Crippen molar-refractivity contribution in [2.45, 2.75) is 13.0 Å². The van der Waals surface area contributed by atoms with Crippen LogP contribution in [-0.4, -0.2) is 50.2 Å². The Balaban J connectivity index is 1.99. The number of rotatable bonds is 11. The Morgan fingerprint density at radius 1 is 1.12 bits per heavy atom. The van der Waals surface area contributed by atoms with E-state index in [-0.39, 0.29) is 5.57 Å². The van der Waals surface area contributed by atoms with Gasteiger partial charge in [-0.05, 0) is 36.3 Å². The number of carbonyl (C=O) groups is 1. The SMILES string of the molecule is COCCCNC(=O)/C(C#N)=C/c1cn(Cc2ccccc2)nc1-c1ccc(OC)c(OC)c1. The number of amides is 1. The number of benzene rings is 2. The van der Waals surface area contributed by atoms with Crippen molar-refractivity contribution in [3.63, 3.8) is 0 Å². The molecule has 0 atom stereocenters. The minimum Gasteiger partial charge on any atom is -0.493 e. The van der Waals surface area contributed by atoms with E-state index in [1.165, 1.54) is 0 Å². The lowest BCUT2D eigenvalue weighted by atomic mass is 10.1. The molecular weight excluding hydrogens is 432 g/mol. The van der Waals surface area contributed by atoms with E-state index < -0.39 is 5.91 Å². The zero-order valence-corrected chi connectivity index (χ0v) is 19.6. The van der Waals surface area contributed by atoms with Gasteiger partial charge in [-0.1, -0.05) is 30.3 Å². The third-order valence-electron chi connectivity index (χ3n) is 5.11. The second-order valence-electron chi connectivity index (χ2n) is 7.46. The Morgan fingerprint density at radius 2 is 1.88 bits per heavy atom. The molecule has 34 heavy (non-hydrogen) atoms. The normalized spacial score (nSPS) is 11.1. The number of carbonyl (C=O) groups excluding carboxylic acids is 1. The highest BCUT2D eigenvalue weighted by atomic mass is 16.5. The smallest absolute Gasteiger partial charge is 0.261 e. The first-order valence-electron chi connectivity index (χ1n) is 10.8. The number of aromatic nitrogens is 2. The number of hydrogen-bond acceptors (Lipinski definition) is 6. The van der Waals surface area contributed by atoms with E-state index in [0.29, 0.717) is 48.9 Å². The molecule has 3 rings (SSSR count). The van der Waals surface area contributed by atoms with Crippen LogP contribution in [0.15, 0.2) is 60.3 Å². The summed E-state index contributed by atoms with van der Waals surface area (Å²) in [6.07, 6.45) is 4.05. The molecule has 8 heteroatoms. The van der Waals surface area contributed by atoms with Crippen LogP contribution >= 0.6 is 0 Å². The van der Waals surface area contributed by atoms with Gasteiger partial charge in [0.15, 0.2) is 11.5 Å². The van der Waals surface area contributed by atoms with Crippen LogP contribution in [0.3, 0.4) is 0 Å². The average Bonchev–Trinajstić information content (AvgIpc) is 3.27. The summed E-state index contributed by atoms with van der Waals surface area (Å²) >= 11 is 0. The predicted molar refractivity (Wildman–Crippen MR) is 129 cm³/mol. The summed E-state index contributed by atoms with van der Waals surface area (Å²) in [4.78, 5) is 12.6. The molecule has 0 spiro atoms. The minimum absolute atomic E-state index is 0.00148. The van der Waals surface area contributed by atoms with Crippen LogP contribution in [0.1, 0.15) is 17.5 Å². The molecule has 0 aliphatic heterocycles. The zero-order valence-electron chi connectivity index (χ0n) is 19.6. The molecule has 1 aromatic heterocycles. The molecule has 1 heterocycles. The third-order valence-corrected chi connectivity index (χ3v) is 5.11. The van der Waals surface area contributed by atoms with Crippen molar-refractivity contribution in [1.29, 1.82) is 5.26 Å². The van der Waals surface area contributed by atoms with Crippen LogP contribution in [-0.2, 0) is 16.1 Å². The number of hydrogen-bond donors (Lipinski definition) is 1. The Morgan fingerprint density at radius 3 is 2.56 bits per heavy atom. The van der Waals surface area contributed by atoms with E-state index in [1.807, 2.05) is 54.7 Å². The number of methoxy groups -OCH3 is 3. The van der Waals surface area contributed by atoms with Gasteiger partial charge in [-0.15, -0.1) is 0 Å². The van der Waals surface area contributed by atoms with Crippen molar-refractivity contribution in [3.05, 3.63) is 71.4 Å². The van der Waals surface area contributed by atoms with Gasteiger partial charge in [0.1, 0.15) is 11.6 Å². The van der Waals surface area contributed by atoms with Crippen LogP contribution in [0.4, 0.5) is 0 Å². The summed E-state index contributed by atoms with van der Waals surface area (Å²) in [5.41, 5.74) is 3.12. The summed E-state index contributed by atoms with van der Waals surface area (Å²) in [5, 5.41) is 17.2. The fourth-order valence-electron chi connectivity index (χ4n) is 3.42. The van der Waals surface area contributed by atoms with Crippen molar-refractivity contribution >= 4 is 12.0 Å². The maximum atomic E-state index is 12.6. The average molecular weight is 461 g/mol. The highest BCUT2D eigenvalue weighted by Gasteiger charge is 2.16. The fraction of sp³-hybridized carbons (Fsp3) is 0.269. The second-order valence-corrected chi connectivity index (χ2v) is 7.46. The van der Waals surface area contributed by atoms with Crippen LogP contribution in [0.5, 0.6) is 11.5 Å². The summed E-state index contributed by atoms with van der Waals surface area (Å²) in [7, 11) is 4.74. The lowest BCUT2D eigenvalue weighted by Gasteiger charge is -2.09. The van der Waals surface area contributed by atoms with E-state index in [2.05, 4.69) is 5.32 Å². The number of nitrogens with one attached hydrogen (secondary N) is 1. The zero-order chi connectivity index (χ0) is 24.3. The molecule has 176 valence electrons. The Kier molecular flexibility index (Phi) is 8.83. The second kappa shape index (κ2) is 12.2. The Bertz CT molecular complexity index is 1180. The van der Waals surface area contributed by atoms with Gasteiger partial charge in [0, 0.05) is 37.6 Å². The molecule has 1 amide bonds. The minimum atomic E-state index is -0.437. The lowest BCUT2D eigenvalue weighted by molar-refractivity contribution is -0.117. The van der Waals surface area contributed by atoms with Gasteiger partial charge in [0.2, 0.25) is 0 Å². The summed E-state index contributed by atoms with van der Waals surface area (Å²) in [6.45, 7) is 1.49. The fourth-order valence-corrected chi connectivity index (χ4v) is 3.42. The first-order valence-corrected chi connectivity index (χ1v) is 10.8. The summed E-state index contributed by atoms with van der Waals surface area (Å²) < 4.78 is 17.6. The molecule has 0 bridgehead atoms. The Labute approximate surface area is 199 Å². The van der Waals surface area contributed by atoms with E-state index in [1.54, 1.807) is 38.2 Å². The molecule has 0 aliphatic rings. The van der Waals surface area contributed by atoms with Gasteiger partial charge in [-0.3, -0.25) is 9.48 Å². The monoisotopic (exact) mass is 460 g/mol. The largest absolute Gasteiger partial charge is 0.493 e. The molecule has 2 aromatic carbocycles. The molecule has 3 aromatic rings. The summed E-state index contributed by atoms with van der Waals surface area (Å²) in [6, 6.07) is 17.4. The van der Waals surface area contributed by atoms with Gasteiger partial charge in [0.25, 0.3) is 5.91 Å². The van der Waals surface area contributed by atoms with E-state index >= 15 is 0 Å². The van der Waals surface area contributed by atoms with E-state index in [0.717, 1.165) is 11.1 Å². The number of ether oxygens (including phenoxy) is 3. The van der Waals surface area contributed by atoms with Crippen LogP contribution < -0.4 is 14.8 Å². The van der Waals surface area contributed by atoms with Crippen molar-refractivity contribution in [2.75, 3.05) is 34.5 Å². The maximum Gasteiger partial charge on any atom is 0.261 e. The highest BCUT2D eigenvalue weighted by molar-refractivity contribution is 6.02. The van der Waals surface area contributed by atoms with Gasteiger partial charge in [-0.2, -0.15) is 10.4 Å². The first kappa shape index (κ1) is 24.6. The molecule has 0 radical (unpaired) electrons. The maximum absolute atomic E-state index is 12.6. The highest BCUT2D eigenvalue weighted by Crippen LogP contribution is 2.33. The van der Waals surface area contributed by atoms with Gasteiger partial charge < -0.3 is 19.5 Å². The molecule has 0 aliphatic carbocycles. The lowest BCUT2D eigenvalue weighted by Crippen LogP contribution is -2.26.